The van der Waals surface area contributed by atoms with Gasteiger partial charge in [0.15, 0.2) is 0 Å². The van der Waals surface area contributed by atoms with Crippen LogP contribution in [0.5, 0.6) is 0 Å². The van der Waals surface area contributed by atoms with Crippen molar-refractivity contribution in [3.05, 3.63) is 94.5 Å². The predicted molar refractivity (Wildman–Crippen MR) is 162 cm³/mol. The number of anilines is 1. The van der Waals surface area contributed by atoms with Gasteiger partial charge in [-0.1, -0.05) is 60.7 Å². The summed E-state index contributed by atoms with van der Waals surface area (Å²) in [6.45, 7) is 5.77. The molecule has 2 amide bonds. The fraction of sp³-hybridized carbons (Fsp3) is 0.324. The first kappa shape index (κ1) is 26.0. The van der Waals surface area contributed by atoms with Gasteiger partial charge in [0.25, 0.3) is 0 Å². The lowest BCUT2D eigenvalue weighted by atomic mass is 9.94. The molecular weight excluding hydrogens is 530 g/mol. The molecule has 4 aromatic rings. The van der Waals surface area contributed by atoms with Crippen LogP contribution in [0, 0.1) is 0 Å². The third kappa shape index (κ3) is 4.52. The van der Waals surface area contributed by atoms with Crippen molar-refractivity contribution in [3.63, 3.8) is 0 Å². The molecule has 1 aliphatic carbocycles. The Kier molecular flexibility index (Phi) is 6.62. The number of hydrogen-bond acceptors (Lipinski definition) is 5. The van der Waals surface area contributed by atoms with Gasteiger partial charge < -0.3 is 14.5 Å². The summed E-state index contributed by atoms with van der Waals surface area (Å²) in [7, 11) is 0. The van der Waals surface area contributed by atoms with Crippen molar-refractivity contribution in [3.8, 4) is 21.7 Å². The van der Waals surface area contributed by atoms with Crippen LogP contribution < -0.4 is 4.90 Å². The molecule has 0 radical (unpaired) electrons. The summed E-state index contributed by atoms with van der Waals surface area (Å²) in [6, 6.07) is 23.1. The molecule has 3 aromatic carbocycles. The maximum absolute atomic E-state index is 13.1. The van der Waals surface area contributed by atoms with Crippen molar-refractivity contribution in [2.24, 2.45) is 0 Å². The van der Waals surface area contributed by atoms with Gasteiger partial charge in [0.05, 0.1) is 12.1 Å². The number of likely N-dealkylation sites (tertiary alicyclic amines) is 1. The SMILES string of the molecule is CC(C)N1C(=O)Cc2c(-c3nc(C4CCN(C(=O)OCC5c6ccccc6-c6ccccc65)CC4)cs3)cccc21. The lowest BCUT2D eigenvalue weighted by Crippen LogP contribution is -2.38. The highest BCUT2D eigenvalue weighted by atomic mass is 32.1. The molecule has 0 bridgehead atoms. The molecule has 0 spiro atoms. The number of aromatic nitrogens is 1. The molecule has 7 heteroatoms. The zero-order chi connectivity index (χ0) is 28.1. The Hall–Kier alpha value is -3.97. The third-order valence-electron chi connectivity index (χ3n) is 8.78. The zero-order valence-corrected chi connectivity index (χ0v) is 24.2. The number of piperidine rings is 1. The highest BCUT2D eigenvalue weighted by molar-refractivity contribution is 7.13. The number of ether oxygens (including phenoxy) is 1. The molecule has 0 atom stereocenters. The largest absolute Gasteiger partial charge is 0.448 e. The fourth-order valence-electron chi connectivity index (χ4n) is 6.76. The van der Waals surface area contributed by atoms with Crippen LogP contribution in [0.25, 0.3) is 21.7 Å². The van der Waals surface area contributed by atoms with Gasteiger partial charge in [0.1, 0.15) is 11.6 Å². The molecule has 7 rings (SSSR count). The van der Waals surface area contributed by atoms with E-state index in [9.17, 15) is 9.59 Å². The maximum Gasteiger partial charge on any atom is 0.409 e. The van der Waals surface area contributed by atoms with E-state index in [1.807, 2.05) is 21.9 Å². The summed E-state index contributed by atoms with van der Waals surface area (Å²) in [4.78, 5) is 34.5. The average molecular weight is 564 g/mol. The van der Waals surface area contributed by atoms with Crippen molar-refractivity contribution in [2.45, 2.75) is 51.0 Å². The van der Waals surface area contributed by atoms with Crippen LogP contribution in [0.15, 0.2) is 72.1 Å². The van der Waals surface area contributed by atoms with Crippen LogP contribution in [0.1, 0.15) is 60.9 Å². The van der Waals surface area contributed by atoms with Crippen LogP contribution in [-0.4, -0.2) is 47.6 Å². The smallest absolute Gasteiger partial charge is 0.409 e. The van der Waals surface area contributed by atoms with Crippen molar-refractivity contribution in [1.82, 2.24) is 9.88 Å². The van der Waals surface area contributed by atoms with Gasteiger partial charge in [0.2, 0.25) is 5.91 Å². The number of benzene rings is 3. The molecule has 3 heterocycles. The molecule has 0 unspecified atom stereocenters. The quantitative estimate of drug-likeness (QED) is 0.257. The molecule has 3 aliphatic rings. The van der Waals surface area contributed by atoms with Crippen LogP contribution in [0.4, 0.5) is 10.5 Å². The molecule has 208 valence electrons. The van der Waals surface area contributed by atoms with Crippen LogP contribution in [0.3, 0.4) is 0 Å². The summed E-state index contributed by atoms with van der Waals surface area (Å²) in [5.41, 5.74) is 9.16. The van der Waals surface area contributed by atoms with E-state index < -0.39 is 0 Å². The number of thiazole rings is 1. The molecule has 1 fully saturated rings. The van der Waals surface area contributed by atoms with E-state index in [1.165, 1.54) is 22.3 Å². The summed E-state index contributed by atoms with van der Waals surface area (Å²) in [5.74, 6) is 0.530. The van der Waals surface area contributed by atoms with E-state index in [1.54, 1.807) is 11.3 Å². The standard InChI is InChI=1S/C34H33N3O3S/c1-21(2)37-31-13-7-12-27(28(31)18-32(37)38)33-35-30(20-41-33)22-14-16-36(17-15-22)34(39)40-19-29-25-10-5-3-8-23(25)24-9-4-6-11-26(24)29/h3-13,20-22,29H,14-19H2,1-2H3. The first-order chi connectivity index (χ1) is 20.0. The van der Waals surface area contributed by atoms with Crippen LogP contribution in [-0.2, 0) is 16.0 Å². The maximum atomic E-state index is 13.1. The van der Waals surface area contributed by atoms with E-state index in [2.05, 4.69) is 73.8 Å². The fourth-order valence-corrected chi connectivity index (χ4v) is 7.72. The van der Waals surface area contributed by atoms with Crippen LogP contribution >= 0.6 is 11.3 Å². The highest BCUT2D eigenvalue weighted by Crippen LogP contribution is 2.45. The molecular formula is C34H33N3O3S. The topological polar surface area (TPSA) is 62.7 Å². The Morgan fingerprint density at radius 2 is 1.61 bits per heavy atom. The molecule has 0 N–H and O–H groups in total. The Morgan fingerprint density at radius 1 is 0.951 bits per heavy atom. The lowest BCUT2D eigenvalue weighted by molar-refractivity contribution is -0.117. The summed E-state index contributed by atoms with van der Waals surface area (Å²) in [6.07, 6.45) is 1.92. The monoisotopic (exact) mass is 563 g/mol. The number of hydrogen-bond donors (Lipinski definition) is 0. The predicted octanol–water partition coefficient (Wildman–Crippen LogP) is 7.24. The van der Waals surface area contributed by atoms with E-state index in [4.69, 9.17) is 9.72 Å². The number of fused-ring (bicyclic) bond motifs is 4. The van der Waals surface area contributed by atoms with Gasteiger partial charge in [-0.3, -0.25) is 4.79 Å². The molecule has 41 heavy (non-hydrogen) atoms. The molecule has 0 saturated carbocycles. The Labute approximate surface area is 244 Å². The number of carbonyl (C=O) groups is 2. The first-order valence-electron chi connectivity index (χ1n) is 14.5. The van der Waals surface area contributed by atoms with Crippen molar-refractivity contribution >= 4 is 29.0 Å². The minimum atomic E-state index is -0.233. The van der Waals surface area contributed by atoms with Gasteiger partial charge >= 0.3 is 6.09 Å². The van der Waals surface area contributed by atoms with Gasteiger partial charge in [-0.05, 0) is 60.6 Å². The second-order valence-electron chi connectivity index (χ2n) is 11.5. The summed E-state index contributed by atoms with van der Waals surface area (Å²) < 4.78 is 5.90. The van der Waals surface area contributed by atoms with E-state index in [0.717, 1.165) is 40.4 Å². The van der Waals surface area contributed by atoms with E-state index in [-0.39, 0.29) is 24.0 Å². The Bertz CT molecular complexity index is 1590. The second-order valence-corrected chi connectivity index (χ2v) is 12.3. The zero-order valence-electron chi connectivity index (χ0n) is 23.4. The molecule has 1 aromatic heterocycles. The second kappa shape index (κ2) is 10.5. The normalized spacial score (nSPS) is 16.7. The van der Waals surface area contributed by atoms with Crippen molar-refractivity contribution in [2.75, 3.05) is 24.6 Å². The highest BCUT2D eigenvalue weighted by Gasteiger charge is 2.33. The number of amides is 2. The van der Waals surface area contributed by atoms with Gasteiger partial charge in [-0.15, -0.1) is 11.3 Å². The molecule has 6 nitrogen and oxygen atoms in total. The van der Waals surface area contributed by atoms with E-state index in [0.29, 0.717) is 32.0 Å². The number of carbonyl (C=O) groups excluding carboxylic acids is 2. The van der Waals surface area contributed by atoms with Gasteiger partial charge in [0, 0.05) is 47.6 Å². The average Bonchev–Trinajstić information content (AvgIpc) is 3.70. The third-order valence-corrected chi connectivity index (χ3v) is 9.68. The molecule has 1 saturated heterocycles. The number of rotatable bonds is 5. The Morgan fingerprint density at radius 3 is 2.29 bits per heavy atom. The minimum Gasteiger partial charge on any atom is -0.448 e. The summed E-state index contributed by atoms with van der Waals surface area (Å²) in [5, 5.41) is 3.12. The first-order valence-corrected chi connectivity index (χ1v) is 15.4. The number of nitrogens with zero attached hydrogens (tertiary/aromatic N) is 3. The lowest BCUT2D eigenvalue weighted by Gasteiger charge is -2.31. The van der Waals surface area contributed by atoms with E-state index >= 15 is 0 Å². The van der Waals surface area contributed by atoms with Crippen molar-refractivity contribution in [1.29, 1.82) is 0 Å². The van der Waals surface area contributed by atoms with Gasteiger partial charge in [-0.25, -0.2) is 9.78 Å². The van der Waals surface area contributed by atoms with Crippen LogP contribution in [0.2, 0.25) is 0 Å². The van der Waals surface area contributed by atoms with Gasteiger partial charge in [-0.2, -0.15) is 0 Å². The summed E-state index contributed by atoms with van der Waals surface area (Å²) >= 11 is 1.65. The Balaban J connectivity index is 0.990. The minimum absolute atomic E-state index is 0.0691. The molecule has 2 aliphatic heterocycles. The van der Waals surface area contributed by atoms with Crippen molar-refractivity contribution < 1.29 is 14.3 Å².